The third-order valence-electron chi connectivity index (χ3n) is 15.2. The molecule has 10 nitrogen and oxygen atoms in total. The van der Waals surface area contributed by atoms with E-state index >= 15 is 0 Å². The number of carbonyl (C=O) groups excluding carboxylic acids is 1. The summed E-state index contributed by atoms with van der Waals surface area (Å²) in [5, 5.41) is 74.8. The standard InChI is InChI=1S/C36H56O10/c1-19-9-14-36(30(43)46-29-27(42)26(41)25(40)21(17-37)45-29)16-15-33(4)20(28(36)35(19,6)44)7-8-23-31(2)12-11-24(39)32(3,18-38)22(31)10-13-34(23,33)5/h7,21-29,37-42,44H,1,8-18H2,2-6H3/t21-,22-,23-,24+,25-,26+,27-,28?,29+,31+,32+,33-,34-,35-,36+/m1/s1. The van der Waals surface area contributed by atoms with E-state index < -0.39 is 71.7 Å². The number of ether oxygens (including phenoxy) is 2. The number of hydrogen-bond acceptors (Lipinski definition) is 10. The lowest BCUT2D eigenvalue weighted by Crippen LogP contribution is -2.68. The van der Waals surface area contributed by atoms with Crippen molar-refractivity contribution in [2.45, 2.75) is 135 Å². The van der Waals surface area contributed by atoms with Gasteiger partial charge in [0.15, 0.2) is 0 Å². The molecule has 0 spiro atoms. The van der Waals surface area contributed by atoms with E-state index in [1.54, 1.807) is 6.92 Å². The van der Waals surface area contributed by atoms with E-state index in [2.05, 4.69) is 33.4 Å². The Balaban J connectivity index is 1.39. The summed E-state index contributed by atoms with van der Waals surface area (Å²) in [5.41, 5.74) is -2.10. The molecule has 6 rings (SSSR count). The van der Waals surface area contributed by atoms with E-state index in [0.717, 1.165) is 31.3 Å². The lowest BCUT2D eigenvalue weighted by molar-refractivity contribution is -0.298. The largest absolute Gasteiger partial charge is 0.432 e. The predicted molar refractivity (Wildman–Crippen MR) is 168 cm³/mol. The van der Waals surface area contributed by atoms with Crippen LogP contribution in [0.1, 0.15) is 92.4 Å². The fraction of sp³-hybridized carbons (Fsp3) is 0.861. The van der Waals surface area contributed by atoms with Crippen LogP contribution in [0, 0.1) is 44.8 Å². The summed E-state index contributed by atoms with van der Waals surface area (Å²) >= 11 is 0. The molecule has 10 heteroatoms. The summed E-state index contributed by atoms with van der Waals surface area (Å²) in [6.07, 6.45) is -0.0988. The van der Waals surface area contributed by atoms with Crippen LogP contribution in [-0.4, -0.2) is 97.3 Å². The molecular weight excluding hydrogens is 592 g/mol. The molecule has 0 amide bonds. The topological polar surface area (TPSA) is 177 Å². The Morgan fingerprint density at radius 2 is 1.63 bits per heavy atom. The van der Waals surface area contributed by atoms with Gasteiger partial charge in [-0.25, -0.2) is 0 Å². The van der Waals surface area contributed by atoms with Gasteiger partial charge < -0.3 is 45.2 Å². The lowest BCUT2D eigenvalue weighted by atomic mass is 9.33. The highest BCUT2D eigenvalue weighted by Gasteiger charge is 2.71. The second-order valence-corrected chi connectivity index (χ2v) is 17.0. The first-order valence-corrected chi connectivity index (χ1v) is 17.3. The van der Waals surface area contributed by atoms with Crippen molar-refractivity contribution in [3.8, 4) is 0 Å². The van der Waals surface area contributed by atoms with E-state index in [9.17, 15) is 40.5 Å². The normalized spacial score (nSPS) is 55.3. The van der Waals surface area contributed by atoms with Gasteiger partial charge in [-0.05, 0) is 98.4 Å². The molecule has 0 bridgehead atoms. The van der Waals surface area contributed by atoms with Crippen LogP contribution in [0.3, 0.4) is 0 Å². The number of esters is 1. The van der Waals surface area contributed by atoms with Gasteiger partial charge in [0, 0.05) is 11.3 Å². The van der Waals surface area contributed by atoms with Crippen molar-refractivity contribution in [2.24, 2.45) is 44.8 Å². The Morgan fingerprint density at radius 3 is 2.28 bits per heavy atom. The van der Waals surface area contributed by atoms with E-state index in [1.165, 1.54) is 0 Å². The summed E-state index contributed by atoms with van der Waals surface area (Å²) in [6, 6.07) is 0. The maximum absolute atomic E-state index is 14.4. The monoisotopic (exact) mass is 648 g/mol. The Labute approximate surface area is 272 Å². The molecule has 15 atom stereocenters. The first kappa shape index (κ1) is 34.5. The number of hydrogen-bond donors (Lipinski definition) is 7. The highest BCUT2D eigenvalue weighted by atomic mass is 16.7. The molecule has 46 heavy (non-hydrogen) atoms. The number of aliphatic hydroxyl groups is 7. The molecule has 4 saturated carbocycles. The van der Waals surface area contributed by atoms with Gasteiger partial charge in [-0.15, -0.1) is 0 Å². The zero-order chi connectivity index (χ0) is 33.8. The van der Waals surface area contributed by atoms with Crippen LogP contribution in [0.25, 0.3) is 0 Å². The third-order valence-corrected chi connectivity index (χ3v) is 15.2. The van der Waals surface area contributed by atoms with Crippen molar-refractivity contribution in [2.75, 3.05) is 13.2 Å². The van der Waals surface area contributed by atoms with Gasteiger partial charge in [0.1, 0.15) is 24.4 Å². The van der Waals surface area contributed by atoms with E-state index in [0.29, 0.717) is 37.7 Å². The van der Waals surface area contributed by atoms with Crippen LogP contribution in [0.2, 0.25) is 0 Å². The van der Waals surface area contributed by atoms with Crippen LogP contribution >= 0.6 is 0 Å². The van der Waals surface area contributed by atoms with Gasteiger partial charge in [-0.2, -0.15) is 0 Å². The van der Waals surface area contributed by atoms with Crippen molar-refractivity contribution in [1.82, 2.24) is 0 Å². The molecular formula is C36H56O10. The van der Waals surface area contributed by atoms with Gasteiger partial charge in [-0.1, -0.05) is 45.9 Å². The van der Waals surface area contributed by atoms with E-state index in [1.807, 2.05) is 6.92 Å². The molecule has 5 fully saturated rings. The van der Waals surface area contributed by atoms with Crippen LogP contribution in [0.15, 0.2) is 23.8 Å². The van der Waals surface area contributed by atoms with Gasteiger partial charge in [-0.3, -0.25) is 4.79 Å². The SMILES string of the molecule is C=C1CC[C@]2(C(=O)O[C@@H]3O[C@H](CO)[C@@H](O)[C@H](O)[C@H]3O)CC[C@]3(C)C(=CC[C@@H]4[C@@]5(C)CC[C@H](O)[C@@](C)(CO)[C@@H]5CC[C@]43C)C2[C@]1(C)O. The van der Waals surface area contributed by atoms with Gasteiger partial charge in [0.05, 0.1) is 30.3 Å². The fourth-order valence-corrected chi connectivity index (χ4v) is 12.0. The van der Waals surface area contributed by atoms with Gasteiger partial charge in [0.25, 0.3) is 0 Å². The Bertz CT molecular complexity index is 1280. The van der Waals surface area contributed by atoms with Crippen LogP contribution in [0.4, 0.5) is 0 Å². The molecule has 1 heterocycles. The number of fused-ring (bicyclic) bond motifs is 7. The summed E-state index contributed by atoms with van der Waals surface area (Å²) in [7, 11) is 0. The Hall–Kier alpha value is -1.37. The molecule has 5 aliphatic carbocycles. The first-order chi connectivity index (χ1) is 21.4. The lowest BCUT2D eigenvalue weighted by Gasteiger charge is -2.71. The van der Waals surface area contributed by atoms with E-state index in [4.69, 9.17) is 9.47 Å². The zero-order valence-electron chi connectivity index (χ0n) is 28.1. The second-order valence-electron chi connectivity index (χ2n) is 17.0. The van der Waals surface area contributed by atoms with Crippen molar-refractivity contribution < 1.29 is 50.0 Å². The maximum atomic E-state index is 14.4. The molecule has 6 aliphatic rings. The minimum Gasteiger partial charge on any atom is -0.432 e. The van der Waals surface area contributed by atoms with Crippen LogP contribution in [-0.2, 0) is 14.3 Å². The number of allylic oxidation sites excluding steroid dienone is 1. The minimum atomic E-state index is -1.72. The summed E-state index contributed by atoms with van der Waals surface area (Å²) < 4.78 is 11.4. The molecule has 1 unspecified atom stereocenters. The minimum absolute atomic E-state index is 0.0532. The smallest absolute Gasteiger partial charge is 0.315 e. The fourth-order valence-electron chi connectivity index (χ4n) is 12.0. The number of carbonyl (C=O) groups is 1. The molecule has 0 aromatic heterocycles. The van der Waals surface area contributed by atoms with Crippen molar-refractivity contribution in [3.63, 3.8) is 0 Å². The number of rotatable bonds is 4. The third kappa shape index (κ3) is 4.33. The van der Waals surface area contributed by atoms with Crippen LogP contribution in [0.5, 0.6) is 0 Å². The predicted octanol–water partition coefficient (Wildman–Crippen LogP) is 2.36. The van der Waals surface area contributed by atoms with Crippen molar-refractivity contribution >= 4 is 5.97 Å². The number of aliphatic hydroxyl groups excluding tert-OH is 6. The highest BCUT2D eigenvalue weighted by Crippen LogP contribution is 2.76. The Morgan fingerprint density at radius 1 is 0.935 bits per heavy atom. The van der Waals surface area contributed by atoms with Crippen molar-refractivity contribution in [3.05, 3.63) is 23.8 Å². The zero-order valence-corrected chi connectivity index (χ0v) is 28.1. The van der Waals surface area contributed by atoms with Crippen molar-refractivity contribution in [1.29, 1.82) is 0 Å². The average molecular weight is 649 g/mol. The molecule has 7 N–H and O–H groups in total. The van der Waals surface area contributed by atoms with E-state index in [-0.39, 0.29) is 34.7 Å². The highest BCUT2D eigenvalue weighted by molar-refractivity contribution is 5.80. The first-order valence-electron chi connectivity index (χ1n) is 17.3. The van der Waals surface area contributed by atoms with Gasteiger partial charge in [0.2, 0.25) is 6.29 Å². The maximum Gasteiger partial charge on any atom is 0.315 e. The summed E-state index contributed by atoms with van der Waals surface area (Å²) in [6.45, 7) is 14.3. The molecule has 1 aliphatic heterocycles. The summed E-state index contributed by atoms with van der Waals surface area (Å²) in [4.78, 5) is 14.4. The molecule has 0 radical (unpaired) electrons. The molecule has 0 aromatic rings. The molecule has 1 saturated heterocycles. The second kappa shape index (κ2) is 11.1. The van der Waals surface area contributed by atoms with Gasteiger partial charge >= 0.3 is 5.97 Å². The molecule has 0 aromatic carbocycles. The summed E-state index contributed by atoms with van der Waals surface area (Å²) in [5.74, 6) is -0.840. The quantitative estimate of drug-likeness (QED) is 0.177. The Kier molecular flexibility index (Phi) is 8.30. The average Bonchev–Trinajstić information content (AvgIpc) is 3.01. The van der Waals surface area contributed by atoms with Crippen LogP contribution < -0.4 is 0 Å². The molecule has 260 valence electrons.